The number of methoxy groups -OCH3 is 1. The van der Waals surface area contributed by atoms with E-state index in [1.54, 1.807) is 30.5 Å². The molecule has 0 atom stereocenters. The number of hydrogen-bond donors (Lipinski definition) is 1. The number of hydrogen-bond acceptors (Lipinski definition) is 4. The van der Waals surface area contributed by atoms with Gasteiger partial charge in [0.25, 0.3) is 0 Å². The Morgan fingerprint density at radius 3 is 2.58 bits per heavy atom. The molecular formula is C13H15N3O3. The largest absolute Gasteiger partial charge is 0.495 e. The van der Waals surface area contributed by atoms with E-state index in [1.807, 2.05) is 0 Å². The topological polar surface area (TPSA) is 79.2 Å². The van der Waals surface area contributed by atoms with Crippen molar-refractivity contribution in [2.45, 2.75) is 6.54 Å². The molecule has 1 aromatic carbocycles. The van der Waals surface area contributed by atoms with Crippen molar-refractivity contribution in [3.8, 4) is 11.4 Å². The fourth-order valence-electron chi connectivity index (χ4n) is 1.84. The van der Waals surface area contributed by atoms with Gasteiger partial charge in [-0.3, -0.25) is 14.2 Å². The zero-order valence-corrected chi connectivity index (χ0v) is 10.6. The average Bonchev–Trinajstić information content (AvgIpc) is 2.44. The van der Waals surface area contributed by atoms with E-state index in [-0.39, 0.29) is 0 Å². The summed E-state index contributed by atoms with van der Waals surface area (Å²) in [6.45, 7) is 0.624. The molecule has 0 aliphatic rings. The van der Waals surface area contributed by atoms with Crippen molar-refractivity contribution in [1.82, 2.24) is 9.13 Å². The van der Waals surface area contributed by atoms with E-state index >= 15 is 0 Å². The minimum absolute atomic E-state index is 0.304. The van der Waals surface area contributed by atoms with E-state index < -0.39 is 11.1 Å². The molecule has 0 bridgehead atoms. The molecular weight excluding hydrogens is 246 g/mol. The van der Waals surface area contributed by atoms with Crippen LogP contribution in [-0.2, 0) is 6.54 Å². The smallest absolute Gasteiger partial charge is 0.321 e. The number of para-hydroxylation sites is 2. The number of ether oxygens (including phenoxy) is 1. The molecule has 0 saturated carbocycles. The fraction of sp³-hybridized carbons (Fsp3) is 0.231. The first-order chi connectivity index (χ1) is 9.19. The van der Waals surface area contributed by atoms with Crippen LogP contribution in [0, 0.1) is 0 Å². The Morgan fingerprint density at radius 2 is 1.89 bits per heavy atom. The van der Waals surface area contributed by atoms with Gasteiger partial charge < -0.3 is 15.0 Å². The zero-order valence-electron chi connectivity index (χ0n) is 10.6. The van der Waals surface area contributed by atoms with Crippen molar-refractivity contribution in [2.24, 2.45) is 5.73 Å². The molecule has 0 spiro atoms. The monoisotopic (exact) mass is 261 g/mol. The van der Waals surface area contributed by atoms with E-state index in [1.165, 1.54) is 22.4 Å². The number of nitrogens with two attached hydrogens (primary N) is 1. The molecule has 6 heteroatoms. The molecule has 2 rings (SSSR count). The molecule has 2 N–H and O–H groups in total. The van der Waals surface area contributed by atoms with Gasteiger partial charge >= 0.3 is 11.1 Å². The van der Waals surface area contributed by atoms with Gasteiger partial charge in [0.2, 0.25) is 0 Å². The predicted octanol–water partition coefficient (Wildman–Crippen LogP) is -0.0335. The van der Waals surface area contributed by atoms with E-state index in [0.29, 0.717) is 24.5 Å². The first kappa shape index (κ1) is 13.1. The first-order valence-corrected chi connectivity index (χ1v) is 5.84. The summed E-state index contributed by atoms with van der Waals surface area (Å²) in [5.74, 6) is 0.528. The molecule has 19 heavy (non-hydrogen) atoms. The third-order valence-electron chi connectivity index (χ3n) is 2.77. The standard InChI is InChI=1S/C13H15N3O3/c1-19-11-5-3-2-4-10(11)16-9-8-15(7-6-14)12(17)13(16)18/h2-5,8-9H,6-7,14H2,1H3. The lowest BCUT2D eigenvalue weighted by atomic mass is 10.3. The van der Waals surface area contributed by atoms with Crippen LogP contribution in [0.3, 0.4) is 0 Å². The Morgan fingerprint density at radius 1 is 1.16 bits per heavy atom. The van der Waals surface area contributed by atoms with Crippen LogP contribution in [0.25, 0.3) is 5.69 Å². The van der Waals surface area contributed by atoms with Crippen LogP contribution >= 0.6 is 0 Å². The highest BCUT2D eigenvalue weighted by Crippen LogP contribution is 2.19. The number of rotatable bonds is 4. The predicted molar refractivity (Wildman–Crippen MR) is 71.9 cm³/mol. The van der Waals surface area contributed by atoms with Crippen LogP contribution in [0.4, 0.5) is 0 Å². The van der Waals surface area contributed by atoms with Gasteiger partial charge in [0.1, 0.15) is 5.75 Å². The maximum atomic E-state index is 12.1. The Labute approximate surface area is 109 Å². The summed E-state index contributed by atoms with van der Waals surface area (Å²) in [5.41, 5.74) is 4.70. The second-order valence-electron chi connectivity index (χ2n) is 3.93. The van der Waals surface area contributed by atoms with Gasteiger partial charge in [-0.2, -0.15) is 0 Å². The molecule has 6 nitrogen and oxygen atoms in total. The van der Waals surface area contributed by atoms with Gasteiger partial charge in [0.15, 0.2) is 0 Å². The van der Waals surface area contributed by atoms with E-state index in [9.17, 15) is 9.59 Å². The minimum Gasteiger partial charge on any atom is -0.495 e. The van der Waals surface area contributed by atoms with Gasteiger partial charge in [0.05, 0.1) is 12.8 Å². The lowest BCUT2D eigenvalue weighted by Gasteiger charge is -2.11. The highest BCUT2D eigenvalue weighted by atomic mass is 16.5. The maximum Gasteiger partial charge on any atom is 0.321 e. The highest BCUT2D eigenvalue weighted by molar-refractivity contribution is 5.46. The molecule has 0 fully saturated rings. The van der Waals surface area contributed by atoms with Crippen molar-refractivity contribution in [3.63, 3.8) is 0 Å². The van der Waals surface area contributed by atoms with Crippen LogP contribution in [0.1, 0.15) is 0 Å². The quantitative estimate of drug-likeness (QED) is 0.784. The second-order valence-corrected chi connectivity index (χ2v) is 3.93. The summed E-state index contributed by atoms with van der Waals surface area (Å²) in [4.78, 5) is 24.0. The number of aromatic nitrogens is 2. The highest BCUT2D eigenvalue weighted by Gasteiger charge is 2.09. The Kier molecular flexibility index (Phi) is 3.82. The molecule has 1 aromatic heterocycles. The summed E-state index contributed by atoms with van der Waals surface area (Å²) in [5, 5.41) is 0. The zero-order chi connectivity index (χ0) is 13.8. The third kappa shape index (κ3) is 2.43. The molecule has 0 unspecified atom stereocenters. The van der Waals surface area contributed by atoms with Crippen molar-refractivity contribution >= 4 is 0 Å². The molecule has 0 amide bonds. The first-order valence-electron chi connectivity index (χ1n) is 5.84. The number of nitrogens with zero attached hydrogens (tertiary/aromatic N) is 2. The van der Waals surface area contributed by atoms with Crippen LogP contribution in [0.2, 0.25) is 0 Å². The van der Waals surface area contributed by atoms with Gasteiger partial charge in [-0.15, -0.1) is 0 Å². The maximum absolute atomic E-state index is 12.1. The lowest BCUT2D eigenvalue weighted by Crippen LogP contribution is -2.40. The van der Waals surface area contributed by atoms with E-state index in [4.69, 9.17) is 10.5 Å². The molecule has 0 saturated heterocycles. The normalized spacial score (nSPS) is 10.4. The van der Waals surface area contributed by atoms with E-state index in [0.717, 1.165) is 0 Å². The minimum atomic E-state index is -0.625. The summed E-state index contributed by atoms with van der Waals surface area (Å²) >= 11 is 0. The van der Waals surface area contributed by atoms with Crippen LogP contribution in [0.15, 0.2) is 46.2 Å². The van der Waals surface area contributed by atoms with Gasteiger partial charge in [-0.05, 0) is 12.1 Å². The molecule has 2 aromatic rings. The molecule has 0 aliphatic carbocycles. The van der Waals surface area contributed by atoms with Gasteiger partial charge in [-0.1, -0.05) is 12.1 Å². The van der Waals surface area contributed by atoms with Crippen LogP contribution < -0.4 is 21.6 Å². The Balaban J connectivity index is 2.62. The third-order valence-corrected chi connectivity index (χ3v) is 2.77. The Bertz CT molecular complexity index is 688. The summed E-state index contributed by atoms with van der Waals surface area (Å²) in [6.07, 6.45) is 3.08. The van der Waals surface area contributed by atoms with Gasteiger partial charge in [-0.25, -0.2) is 0 Å². The summed E-state index contributed by atoms with van der Waals surface area (Å²) in [6, 6.07) is 7.01. The molecule has 0 radical (unpaired) electrons. The van der Waals surface area contributed by atoms with E-state index in [2.05, 4.69) is 0 Å². The van der Waals surface area contributed by atoms with Crippen molar-refractivity contribution in [1.29, 1.82) is 0 Å². The fourth-order valence-corrected chi connectivity index (χ4v) is 1.84. The number of benzene rings is 1. The van der Waals surface area contributed by atoms with Crippen LogP contribution in [-0.4, -0.2) is 22.8 Å². The van der Waals surface area contributed by atoms with Crippen molar-refractivity contribution in [2.75, 3.05) is 13.7 Å². The Hall–Kier alpha value is -2.34. The molecule has 0 aliphatic heterocycles. The summed E-state index contributed by atoms with van der Waals surface area (Å²) in [7, 11) is 1.51. The summed E-state index contributed by atoms with van der Waals surface area (Å²) < 4.78 is 7.76. The molecule has 100 valence electrons. The SMILES string of the molecule is COc1ccccc1-n1ccn(CCN)c(=O)c1=O. The van der Waals surface area contributed by atoms with Crippen molar-refractivity contribution in [3.05, 3.63) is 57.4 Å². The van der Waals surface area contributed by atoms with Gasteiger partial charge in [0, 0.05) is 25.5 Å². The van der Waals surface area contributed by atoms with Crippen LogP contribution in [0.5, 0.6) is 5.75 Å². The lowest BCUT2D eigenvalue weighted by molar-refractivity contribution is 0.412. The van der Waals surface area contributed by atoms with Crippen molar-refractivity contribution < 1.29 is 4.74 Å². The molecule has 1 heterocycles. The average molecular weight is 261 g/mol. The second kappa shape index (κ2) is 5.53.